The van der Waals surface area contributed by atoms with Gasteiger partial charge in [0.15, 0.2) is 16.6 Å². The molecule has 7 heteroatoms. The minimum Gasteiger partial charge on any atom is -0.493 e. The molecule has 0 fully saturated rings. The lowest BCUT2D eigenvalue weighted by Crippen LogP contribution is -2.24. The number of nitrogens with zero attached hydrogens (tertiary/aromatic N) is 1. The van der Waals surface area contributed by atoms with Crippen molar-refractivity contribution < 1.29 is 14.3 Å². The molecule has 2 aromatic rings. The summed E-state index contributed by atoms with van der Waals surface area (Å²) in [5.41, 5.74) is 2.58. The highest BCUT2D eigenvalue weighted by atomic mass is 35.5. The molecule has 0 spiro atoms. The Balaban J connectivity index is 1.94. The summed E-state index contributed by atoms with van der Waals surface area (Å²) >= 11 is 6.85. The second-order valence-corrected chi connectivity index (χ2v) is 7.05. The van der Waals surface area contributed by atoms with E-state index in [0.717, 1.165) is 29.0 Å². The lowest BCUT2D eigenvalue weighted by molar-refractivity contribution is -0.113. The van der Waals surface area contributed by atoms with Crippen molar-refractivity contribution in [1.29, 1.82) is 0 Å². The highest BCUT2D eigenvalue weighted by Crippen LogP contribution is 2.44. The van der Waals surface area contributed by atoms with Gasteiger partial charge in [-0.25, -0.2) is 4.98 Å². The molecule has 0 atom stereocenters. The second kappa shape index (κ2) is 6.02. The summed E-state index contributed by atoms with van der Waals surface area (Å²) in [7, 11) is 1.63. The summed E-state index contributed by atoms with van der Waals surface area (Å²) < 4.78 is 11.4. The molecule has 0 saturated carbocycles. The molecule has 0 aliphatic carbocycles. The molecule has 23 heavy (non-hydrogen) atoms. The molecule has 1 aliphatic heterocycles. The smallest absolute Gasteiger partial charge is 0.241 e. The van der Waals surface area contributed by atoms with Gasteiger partial charge in [0.05, 0.1) is 12.8 Å². The standard InChI is InChI=1S/C16H17ClN2O3S/c1-16(2)6-10-4-9(5-12(21-3)14(10)22-16)11-8-23-15(18-11)19-13(20)7-17/h4-5,8H,6-7H2,1-3H3,(H,18,19,20). The molecule has 122 valence electrons. The fraction of sp³-hybridized carbons (Fsp3) is 0.375. The third kappa shape index (κ3) is 3.28. The van der Waals surface area contributed by atoms with E-state index in [1.54, 1.807) is 7.11 Å². The number of amides is 1. The topological polar surface area (TPSA) is 60.5 Å². The van der Waals surface area contributed by atoms with Crippen molar-refractivity contribution in [3.8, 4) is 22.8 Å². The first-order chi connectivity index (χ1) is 10.9. The fourth-order valence-electron chi connectivity index (χ4n) is 2.59. The van der Waals surface area contributed by atoms with Gasteiger partial charge in [-0.15, -0.1) is 22.9 Å². The van der Waals surface area contributed by atoms with Crippen LogP contribution in [-0.4, -0.2) is 29.5 Å². The first kappa shape index (κ1) is 16.1. The number of methoxy groups -OCH3 is 1. The van der Waals surface area contributed by atoms with Crippen LogP contribution in [0, 0.1) is 0 Å². The maximum atomic E-state index is 11.3. The van der Waals surface area contributed by atoms with Crippen molar-refractivity contribution in [2.45, 2.75) is 25.9 Å². The highest BCUT2D eigenvalue weighted by Gasteiger charge is 2.33. The van der Waals surface area contributed by atoms with E-state index in [1.165, 1.54) is 11.3 Å². The van der Waals surface area contributed by atoms with E-state index in [2.05, 4.69) is 30.2 Å². The van der Waals surface area contributed by atoms with Gasteiger partial charge in [0.2, 0.25) is 5.91 Å². The number of aromatic nitrogens is 1. The molecule has 1 aliphatic rings. The van der Waals surface area contributed by atoms with Crippen LogP contribution < -0.4 is 14.8 Å². The number of hydrogen-bond donors (Lipinski definition) is 1. The van der Waals surface area contributed by atoms with Gasteiger partial charge in [0.25, 0.3) is 0 Å². The number of thiazole rings is 1. The Morgan fingerprint density at radius 2 is 2.30 bits per heavy atom. The van der Waals surface area contributed by atoms with Crippen LogP contribution in [0.5, 0.6) is 11.5 Å². The molecule has 0 bridgehead atoms. The molecule has 2 heterocycles. The van der Waals surface area contributed by atoms with Crippen molar-refractivity contribution in [1.82, 2.24) is 4.98 Å². The van der Waals surface area contributed by atoms with Gasteiger partial charge in [-0.05, 0) is 26.0 Å². The number of nitrogens with one attached hydrogen (secondary N) is 1. The predicted molar refractivity (Wildman–Crippen MR) is 91.9 cm³/mol. The van der Waals surface area contributed by atoms with Crippen LogP contribution >= 0.6 is 22.9 Å². The summed E-state index contributed by atoms with van der Waals surface area (Å²) in [4.78, 5) is 15.8. The Bertz CT molecular complexity index is 758. The SMILES string of the molecule is COc1cc(-c2csc(NC(=O)CCl)n2)cc2c1OC(C)(C)C2. The maximum Gasteiger partial charge on any atom is 0.241 e. The summed E-state index contributed by atoms with van der Waals surface area (Å²) in [5, 5.41) is 5.08. The number of carbonyl (C=O) groups excluding carboxylic acids is 1. The minimum absolute atomic E-state index is 0.0893. The second-order valence-electron chi connectivity index (χ2n) is 5.92. The van der Waals surface area contributed by atoms with Gasteiger partial charge in [0, 0.05) is 22.9 Å². The molecular formula is C16H17ClN2O3S. The van der Waals surface area contributed by atoms with Crippen LogP contribution in [0.25, 0.3) is 11.3 Å². The largest absolute Gasteiger partial charge is 0.493 e. The normalized spacial score (nSPS) is 15.0. The van der Waals surface area contributed by atoms with E-state index in [1.807, 2.05) is 11.4 Å². The number of benzene rings is 1. The van der Waals surface area contributed by atoms with Crippen LogP contribution in [0.2, 0.25) is 0 Å². The molecule has 0 saturated heterocycles. The zero-order chi connectivity index (χ0) is 16.6. The quantitative estimate of drug-likeness (QED) is 0.852. The summed E-state index contributed by atoms with van der Waals surface area (Å²) in [5.74, 6) is 1.14. The van der Waals surface area contributed by atoms with E-state index in [9.17, 15) is 4.79 Å². The Labute approximate surface area is 143 Å². The van der Waals surface area contributed by atoms with Crippen molar-refractivity contribution in [2.24, 2.45) is 0 Å². The minimum atomic E-state index is -0.269. The summed E-state index contributed by atoms with van der Waals surface area (Å²) in [6, 6.07) is 3.97. The fourth-order valence-corrected chi connectivity index (χ4v) is 3.40. The van der Waals surface area contributed by atoms with Crippen LogP contribution in [0.15, 0.2) is 17.5 Å². The van der Waals surface area contributed by atoms with Gasteiger partial charge in [-0.3, -0.25) is 4.79 Å². The molecule has 5 nitrogen and oxygen atoms in total. The van der Waals surface area contributed by atoms with Crippen LogP contribution in [0.4, 0.5) is 5.13 Å². The number of halogens is 1. The van der Waals surface area contributed by atoms with Crippen LogP contribution in [0.3, 0.4) is 0 Å². The number of alkyl halides is 1. The molecule has 0 unspecified atom stereocenters. The lowest BCUT2D eigenvalue weighted by atomic mass is 9.99. The third-order valence-electron chi connectivity index (χ3n) is 3.51. The number of carbonyl (C=O) groups is 1. The molecular weight excluding hydrogens is 336 g/mol. The van der Waals surface area contributed by atoms with Crippen LogP contribution in [-0.2, 0) is 11.2 Å². The Kier molecular flexibility index (Phi) is 4.21. The first-order valence-corrected chi connectivity index (χ1v) is 8.55. The van der Waals surface area contributed by atoms with Gasteiger partial charge >= 0.3 is 0 Å². The Morgan fingerprint density at radius 3 is 3.00 bits per heavy atom. The van der Waals surface area contributed by atoms with Crippen molar-refractivity contribution in [2.75, 3.05) is 18.3 Å². The maximum absolute atomic E-state index is 11.3. The first-order valence-electron chi connectivity index (χ1n) is 7.13. The van der Waals surface area contributed by atoms with E-state index in [0.29, 0.717) is 10.9 Å². The zero-order valence-corrected chi connectivity index (χ0v) is 14.7. The van der Waals surface area contributed by atoms with Crippen molar-refractivity contribution in [3.63, 3.8) is 0 Å². The van der Waals surface area contributed by atoms with Gasteiger partial charge in [-0.2, -0.15) is 0 Å². The average molecular weight is 353 g/mol. The predicted octanol–water partition coefficient (Wildman–Crippen LogP) is 3.71. The molecule has 1 N–H and O–H groups in total. The van der Waals surface area contributed by atoms with Crippen molar-refractivity contribution in [3.05, 3.63) is 23.1 Å². The van der Waals surface area contributed by atoms with E-state index in [4.69, 9.17) is 21.1 Å². The molecule has 0 radical (unpaired) electrons. The van der Waals surface area contributed by atoms with Gasteiger partial charge < -0.3 is 14.8 Å². The molecule has 1 aromatic carbocycles. The van der Waals surface area contributed by atoms with Crippen LogP contribution in [0.1, 0.15) is 19.4 Å². The van der Waals surface area contributed by atoms with Gasteiger partial charge in [-0.1, -0.05) is 0 Å². The highest BCUT2D eigenvalue weighted by molar-refractivity contribution is 7.14. The van der Waals surface area contributed by atoms with Gasteiger partial charge in [0.1, 0.15) is 11.5 Å². The lowest BCUT2D eigenvalue weighted by Gasteiger charge is -2.17. The molecule has 1 aromatic heterocycles. The number of anilines is 1. The Morgan fingerprint density at radius 1 is 1.52 bits per heavy atom. The molecule has 3 rings (SSSR count). The number of fused-ring (bicyclic) bond motifs is 1. The van der Waals surface area contributed by atoms with E-state index in [-0.39, 0.29) is 17.4 Å². The summed E-state index contributed by atoms with van der Waals surface area (Å²) in [6.07, 6.45) is 0.812. The van der Waals surface area contributed by atoms with E-state index >= 15 is 0 Å². The van der Waals surface area contributed by atoms with Crippen molar-refractivity contribution >= 4 is 34.0 Å². The third-order valence-corrected chi connectivity index (χ3v) is 4.51. The molecule has 1 amide bonds. The van der Waals surface area contributed by atoms with E-state index < -0.39 is 0 Å². The zero-order valence-electron chi connectivity index (χ0n) is 13.1. The number of rotatable bonds is 4. The monoisotopic (exact) mass is 352 g/mol. The average Bonchev–Trinajstić information content (AvgIpc) is 3.08. The summed E-state index contributed by atoms with van der Waals surface area (Å²) in [6.45, 7) is 4.10. The number of ether oxygens (including phenoxy) is 2. The number of hydrogen-bond acceptors (Lipinski definition) is 5. The Hall–Kier alpha value is -1.79.